The van der Waals surface area contributed by atoms with Gasteiger partial charge in [-0.05, 0) is 112 Å². The Morgan fingerprint density at radius 2 is 1.85 bits per heavy atom. The Hall–Kier alpha value is -3.76. The summed E-state index contributed by atoms with van der Waals surface area (Å²) in [6.07, 6.45) is 5.21. The van der Waals surface area contributed by atoms with Crippen molar-refractivity contribution in [2.75, 3.05) is 26.2 Å². The van der Waals surface area contributed by atoms with E-state index >= 15 is 4.39 Å². The zero-order valence-electron chi connectivity index (χ0n) is 27.5. The average Bonchev–Trinajstić information content (AvgIpc) is 3.93. The fraction of sp³-hybridized carbons (Fsp3) is 0.528. The third-order valence-electron chi connectivity index (χ3n) is 9.53. The maximum absolute atomic E-state index is 15.2. The van der Waals surface area contributed by atoms with E-state index in [9.17, 15) is 19.5 Å². The second kappa shape index (κ2) is 12.1. The van der Waals surface area contributed by atoms with Crippen molar-refractivity contribution in [2.24, 2.45) is 5.41 Å². The van der Waals surface area contributed by atoms with Crippen molar-refractivity contribution < 1.29 is 23.8 Å². The third-order valence-corrected chi connectivity index (χ3v) is 9.53. The lowest BCUT2D eigenvalue weighted by Crippen LogP contribution is -2.54. The molecule has 9 nitrogen and oxygen atoms in total. The molecule has 0 spiro atoms. The molecule has 3 aliphatic rings. The number of fused-ring (bicyclic) bond motifs is 1. The van der Waals surface area contributed by atoms with Crippen LogP contribution in [0, 0.1) is 18.2 Å². The first-order valence-electron chi connectivity index (χ1n) is 16.4. The minimum atomic E-state index is -0.576. The van der Waals surface area contributed by atoms with Crippen LogP contribution >= 0.6 is 0 Å². The van der Waals surface area contributed by atoms with Gasteiger partial charge in [-0.25, -0.2) is 9.18 Å². The van der Waals surface area contributed by atoms with Gasteiger partial charge in [-0.15, -0.1) is 0 Å². The smallest absolute Gasteiger partial charge is 0.410 e. The summed E-state index contributed by atoms with van der Waals surface area (Å²) in [6.45, 7) is 12.1. The molecule has 2 N–H and O–H groups in total. The first-order valence-corrected chi connectivity index (χ1v) is 16.4. The van der Waals surface area contributed by atoms with Gasteiger partial charge in [-0.2, -0.15) is 0 Å². The van der Waals surface area contributed by atoms with Crippen molar-refractivity contribution in [1.29, 1.82) is 0 Å². The van der Waals surface area contributed by atoms with Crippen LogP contribution in [-0.2, 0) is 17.8 Å². The predicted octanol–water partition coefficient (Wildman–Crippen LogP) is 5.22. The molecular weight excluding hydrogens is 587 g/mol. The highest BCUT2D eigenvalue weighted by Crippen LogP contribution is 2.46. The number of pyridine rings is 1. The van der Waals surface area contributed by atoms with Gasteiger partial charge in [0, 0.05) is 67.4 Å². The van der Waals surface area contributed by atoms with Gasteiger partial charge in [-0.1, -0.05) is 6.07 Å². The lowest BCUT2D eigenvalue weighted by molar-refractivity contribution is 0.000566. The van der Waals surface area contributed by atoms with Crippen LogP contribution in [-0.4, -0.2) is 75.4 Å². The number of aromatic nitrogens is 1. The first kappa shape index (κ1) is 32.2. The summed E-state index contributed by atoms with van der Waals surface area (Å²) < 4.78 is 22.5. The fourth-order valence-corrected chi connectivity index (χ4v) is 6.40. The Labute approximate surface area is 269 Å². The van der Waals surface area contributed by atoms with Crippen LogP contribution in [0.2, 0.25) is 0 Å². The van der Waals surface area contributed by atoms with Crippen LogP contribution in [0.25, 0.3) is 21.9 Å². The monoisotopic (exact) mass is 632 g/mol. The van der Waals surface area contributed by atoms with Gasteiger partial charge in [0.25, 0.3) is 11.5 Å². The predicted molar refractivity (Wildman–Crippen MR) is 175 cm³/mol. The maximum atomic E-state index is 15.2. The van der Waals surface area contributed by atoms with Gasteiger partial charge in [0.2, 0.25) is 0 Å². The quantitative estimate of drug-likeness (QED) is 0.353. The van der Waals surface area contributed by atoms with Crippen molar-refractivity contribution in [3.05, 3.63) is 69.4 Å². The molecule has 2 saturated carbocycles. The number of halogens is 1. The van der Waals surface area contributed by atoms with Crippen molar-refractivity contribution in [3.63, 3.8) is 0 Å². The molecule has 3 aromatic rings. The first-order chi connectivity index (χ1) is 21.8. The largest absolute Gasteiger partial charge is 0.444 e. The Bertz CT molecular complexity index is 1740. The molecule has 1 atom stereocenters. The average molecular weight is 633 g/mol. The highest BCUT2D eigenvalue weighted by molar-refractivity contribution is 5.97. The molecule has 2 amide bonds. The van der Waals surface area contributed by atoms with E-state index in [0.717, 1.165) is 42.2 Å². The van der Waals surface area contributed by atoms with Crippen molar-refractivity contribution in [3.8, 4) is 11.1 Å². The van der Waals surface area contributed by atoms with Crippen LogP contribution in [0.1, 0.15) is 74.9 Å². The molecule has 0 unspecified atom stereocenters. The summed E-state index contributed by atoms with van der Waals surface area (Å²) in [4.78, 5) is 43.5. The molecule has 3 fully saturated rings. The van der Waals surface area contributed by atoms with E-state index in [2.05, 4.69) is 10.2 Å². The summed E-state index contributed by atoms with van der Waals surface area (Å²) in [7, 11) is 0. The van der Waals surface area contributed by atoms with Crippen molar-refractivity contribution in [2.45, 2.75) is 91.1 Å². The van der Waals surface area contributed by atoms with Gasteiger partial charge in [0.05, 0.1) is 6.61 Å². The van der Waals surface area contributed by atoms with E-state index in [4.69, 9.17) is 4.74 Å². The number of carbonyl (C=O) groups excluding carboxylic acids is 2. The Kier molecular flexibility index (Phi) is 8.48. The molecule has 0 radical (unpaired) electrons. The third kappa shape index (κ3) is 6.83. The summed E-state index contributed by atoms with van der Waals surface area (Å²) >= 11 is 0. The van der Waals surface area contributed by atoms with Crippen LogP contribution < -0.4 is 10.9 Å². The molecule has 10 heteroatoms. The topological polar surface area (TPSA) is 104 Å². The number of hydrogen-bond acceptors (Lipinski definition) is 6. The number of ether oxygens (including phenoxy) is 1. The molecule has 46 heavy (non-hydrogen) atoms. The fourth-order valence-electron chi connectivity index (χ4n) is 6.40. The summed E-state index contributed by atoms with van der Waals surface area (Å²) in [5.41, 5.74) is 2.00. The molecule has 1 saturated heterocycles. The number of benzene rings is 2. The molecule has 1 aromatic heterocycles. The zero-order valence-corrected chi connectivity index (χ0v) is 27.5. The minimum Gasteiger partial charge on any atom is -0.444 e. The van der Waals surface area contributed by atoms with Crippen molar-refractivity contribution >= 4 is 22.8 Å². The lowest BCUT2D eigenvalue weighted by atomic mass is 9.94. The lowest BCUT2D eigenvalue weighted by Gasteiger charge is -2.40. The van der Waals surface area contributed by atoms with Gasteiger partial charge < -0.3 is 24.6 Å². The molecule has 2 aliphatic carbocycles. The van der Waals surface area contributed by atoms with E-state index < -0.39 is 11.4 Å². The van der Waals surface area contributed by atoms with E-state index in [1.807, 2.05) is 46.0 Å². The molecule has 0 bridgehead atoms. The SMILES string of the molecule is Cc1c(F)cc(C(=O)NC2CC2)cc1-c1ccc2c(=O)n(CC3(CO)CC3)cc(CN3CCN(C(=O)OC(C)(C)C)[C@@H](C)C3)c2c1. The summed E-state index contributed by atoms with van der Waals surface area (Å²) in [6, 6.07) is 8.64. The number of rotatable bonds is 8. The number of nitrogens with zero attached hydrogens (tertiary/aromatic N) is 3. The highest BCUT2D eigenvalue weighted by Gasteiger charge is 2.42. The molecule has 2 aromatic carbocycles. The molecule has 246 valence electrons. The zero-order chi connectivity index (χ0) is 33.0. The van der Waals surface area contributed by atoms with Crippen LogP contribution in [0.15, 0.2) is 41.3 Å². The van der Waals surface area contributed by atoms with Gasteiger partial charge >= 0.3 is 6.09 Å². The molecular formula is C36H45FN4O5. The number of amides is 2. The maximum Gasteiger partial charge on any atom is 0.410 e. The second-order valence-electron chi connectivity index (χ2n) is 14.6. The minimum absolute atomic E-state index is 0.0331. The van der Waals surface area contributed by atoms with Crippen molar-refractivity contribution in [1.82, 2.24) is 19.7 Å². The van der Waals surface area contributed by atoms with E-state index in [1.54, 1.807) is 28.5 Å². The number of carbonyl (C=O) groups is 2. The Morgan fingerprint density at radius 1 is 1.11 bits per heavy atom. The van der Waals surface area contributed by atoms with Crippen LogP contribution in [0.5, 0.6) is 0 Å². The van der Waals surface area contributed by atoms with Gasteiger partial charge in [-0.3, -0.25) is 14.5 Å². The summed E-state index contributed by atoms with van der Waals surface area (Å²) in [5.74, 6) is -0.741. The molecule has 6 rings (SSSR count). The van der Waals surface area contributed by atoms with E-state index in [0.29, 0.717) is 49.2 Å². The van der Waals surface area contributed by atoms with Crippen LogP contribution in [0.3, 0.4) is 0 Å². The van der Waals surface area contributed by atoms with Crippen LogP contribution in [0.4, 0.5) is 9.18 Å². The molecule has 1 aliphatic heterocycles. The normalized spacial score (nSPS) is 19.7. The van der Waals surface area contributed by atoms with E-state index in [-0.39, 0.29) is 47.2 Å². The van der Waals surface area contributed by atoms with Gasteiger partial charge in [0.1, 0.15) is 11.4 Å². The highest BCUT2D eigenvalue weighted by atomic mass is 19.1. The Morgan fingerprint density at radius 3 is 2.48 bits per heavy atom. The number of nitrogens with one attached hydrogen (secondary N) is 1. The number of aliphatic hydroxyl groups excluding tert-OH is 1. The molecule has 2 heterocycles. The van der Waals surface area contributed by atoms with Gasteiger partial charge in [0.15, 0.2) is 0 Å². The standard InChI is InChI=1S/C36H45FN4O5/c1-22-17-39(12-13-41(22)34(45)46-35(3,4)5)18-26-19-40(20-36(21-42)10-11-36)33(44)28-9-6-24(14-30(26)28)29-15-25(16-31(37)23(29)2)32(43)38-27-7-8-27/h6,9,14-16,19,22,27,42H,7-8,10-13,17-18,20-21H2,1-5H3,(H,38,43)/t22-/m0/s1. The summed E-state index contributed by atoms with van der Waals surface area (Å²) in [5, 5.41) is 14.3. The number of aliphatic hydroxyl groups is 1. The second-order valence-corrected chi connectivity index (χ2v) is 14.6. The number of hydrogen-bond donors (Lipinski definition) is 2. The van der Waals surface area contributed by atoms with E-state index in [1.165, 1.54) is 6.07 Å². The number of piperazine rings is 1. The Balaban J connectivity index is 1.35.